The minimum absolute atomic E-state index is 0.567. The van der Waals surface area contributed by atoms with E-state index in [1.54, 1.807) is 11.3 Å². The van der Waals surface area contributed by atoms with Gasteiger partial charge in [0.25, 0.3) is 0 Å². The zero-order valence-electron chi connectivity index (χ0n) is 26.7. The first-order valence-electron chi connectivity index (χ1n) is 16.6. The molecule has 0 aliphatic rings. The summed E-state index contributed by atoms with van der Waals surface area (Å²) in [6.45, 7) is 0. The largest absolute Gasteiger partial charge is 0.455 e. The highest BCUT2D eigenvalue weighted by Gasteiger charge is 2.20. The first-order valence-corrected chi connectivity index (χ1v) is 17.4. The average molecular weight is 658 g/mol. The molecule has 0 atom stereocenters. The van der Waals surface area contributed by atoms with E-state index in [4.69, 9.17) is 19.4 Å². The highest BCUT2D eigenvalue weighted by atomic mass is 32.1. The molecule has 0 aliphatic heterocycles. The van der Waals surface area contributed by atoms with Crippen molar-refractivity contribution in [3.8, 4) is 56.4 Å². The van der Waals surface area contributed by atoms with Crippen LogP contribution in [0.2, 0.25) is 0 Å². The number of furan rings is 1. The Bertz CT molecular complexity index is 2890. The van der Waals surface area contributed by atoms with Gasteiger partial charge in [0.2, 0.25) is 0 Å². The van der Waals surface area contributed by atoms with Crippen molar-refractivity contribution in [1.29, 1.82) is 0 Å². The van der Waals surface area contributed by atoms with Crippen LogP contribution in [0.5, 0.6) is 0 Å². The molecule has 7 aromatic carbocycles. The van der Waals surface area contributed by atoms with E-state index in [1.165, 1.54) is 20.2 Å². The van der Waals surface area contributed by atoms with Gasteiger partial charge in [-0.1, -0.05) is 140 Å². The van der Waals surface area contributed by atoms with E-state index in [9.17, 15) is 0 Å². The molecule has 0 fully saturated rings. The van der Waals surface area contributed by atoms with Crippen LogP contribution in [0, 0.1) is 0 Å². The number of benzene rings is 7. The topological polar surface area (TPSA) is 51.8 Å². The summed E-state index contributed by atoms with van der Waals surface area (Å²) in [4.78, 5) is 15.6. The van der Waals surface area contributed by atoms with Crippen LogP contribution in [0.25, 0.3) is 98.5 Å². The highest BCUT2D eigenvalue weighted by molar-refractivity contribution is 7.25. The molecule has 0 aliphatic carbocycles. The molecule has 234 valence electrons. The molecule has 0 saturated heterocycles. The summed E-state index contributed by atoms with van der Waals surface area (Å²) in [7, 11) is 0. The number of rotatable bonds is 5. The van der Waals surface area contributed by atoms with Gasteiger partial charge in [0.15, 0.2) is 17.5 Å². The Morgan fingerprint density at radius 3 is 1.78 bits per heavy atom. The van der Waals surface area contributed by atoms with Gasteiger partial charge in [-0.3, -0.25) is 0 Å². The van der Waals surface area contributed by atoms with Gasteiger partial charge < -0.3 is 4.42 Å². The van der Waals surface area contributed by atoms with Crippen molar-refractivity contribution < 1.29 is 4.42 Å². The second-order valence-corrected chi connectivity index (χ2v) is 13.4. The van der Waals surface area contributed by atoms with Crippen LogP contribution in [-0.4, -0.2) is 15.0 Å². The molecule has 0 spiro atoms. The van der Waals surface area contributed by atoms with Crippen LogP contribution in [0.4, 0.5) is 0 Å². The third kappa shape index (κ3) is 4.71. The fraction of sp³-hybridized carbons (Fsp3) is 0. The minimum atomic E-state index is 0.567. The fourth-order valence-corrected chi connectivity index (χ4v) is 8.18. The van der Waals surface area contributed by atoms with Crippen molar-refractivity contribution in [1.82, 2.24) is 15.0 Å². The molecule has 0 bridgehead atoms. The Kier molecular flexibility index (Phi) is 6.64. The summed E-state index contributed by atoms with van der Waals surface area (Å²) < 4.78 is 8.94. The number of hydrogen-bond donors (Lipinski definition) is 0. The quantitative estimate of drug-likeness (QED) is 0.185. The van der Waals surface area contributed by atoms with E-state index in [1.807, 2.05) is 30.3 Å². The average Bonchev–Trinajstić information content (AvgIpc) is 3.76. The normalized spacial score (nSPS) is 11.6. The Labute approximate surface area is 292 Å². The van der Waals surface area contributed by atoms with E-state index in [-0.39, 0.29) is 0 Å². The lowest BCUT2D eigenvalue weighted by Gasteiger charge is -2.15. The summed E-state index contributed by atoms with van der Waals surface area (Å²) in [6, 6.07) is 56.8. The Balaban J connectivity index is 1.22. The lowest BCUT2D eigenvalue weighted by molar-refractivity contribution is 0.669. The predicted molar refractivity (Wildman–Crippen MR) is 207 cm³/mol. The van der Waals surface area contributed by atoms with Gasteiger partial charge in [0.05, 0.1) is 5.56 Å². The van der Waals surface area contributed by atoms with Crippen LogP contribution in [0.3, 0.4) is 0 Å². The molecule has 3 heterocycles. The van der Waals surface area contributed by atoms with Crippen LogP contribution in [0.1, 0.15) is 0 Å². The van der Waals surface area contributed by atoms with Crippen molar-refractivity contribution in [2.24, 2.45) is 0 Å². The number of nitrogens with zero attached hydrogens (tertiary/aromatic N) is 3. The Morgan fingerprint density at radius 2 is 0.940 bits per heavy atom. The summed E-state index contributed by atoms with van der Waals surface area (Å²) in [6.07, 6.45) is 0. The highest BCUT2D eigenvalue weighted by Crippen LogP contribution is 2.41. The molecule has 4 nitrogen and oxygen atoms in total. The fourth-order valence-electron chi connectivity index (χ4n) is 7.03. The van der Waals surface area contributed by atoms with Gasteiger partial charge in [-0.15, -0.1) is 11.3 Å². The van der Waals surface area contributed by atoms with E-state index >= 15 is 0 Å². The van der Waals surface area contributed by atoms with Gasteiger partial charge in [0.1, 0.15) is 11.2 Å². The lowest BCUT2D eigenvalue weighted by Crippen LogP contribution is -2.01. The molecule has 5 heteroatoms. The second kappa shape index (κ2) is 11.6. The Morgan fingerprint density at radius 1 is 0.360 bits per heavy atom. The SMILES string of the molecule is c1ccc(-c2ccccc2-c2ccccc2-c2nc(-c3ccc4c(c3)sc3ccccc34)nc(-c3cccc4c3oc3ccccc34)n2)cc1. The molecule has 0 unspecified atom stereocenters. The summed E-state index contributed by atoms with van der Waals surface area (Å²) >= 11 is 1.79. The van der Waals surface area contributed by atoms with Crippen molar-refractivity contribution in [2.45, 2.75) is 0 Å². The molecular formula is C45H27N3OS. The second-order valence-electron chi connectivity index (χ2n) is 12.4. The van der Waals surface area contributed by atoms with Crippen molar-refractivity contribution >= 4 is 53.4 Å². The molecule has 0 radical (unpaired) electrons. The molecule has 0 saturated carbocycles. The van der Waals surface area contributed by atoms with Crippen molar-refractivity contribution in [3.05, 3.63) is 164 Å². The molecule has 10 aromatic rings. The van der Waals surface area contributed by atoms with Crippen molar-refractivity contribution in [2.75, 3.05) is 0 Å². The maximum Gasteiger partial charge on any atom is 0.167 e. The number of hydrogen-bond acceptors (Lipinski definition) is 5. The van der Waals surface area contributed by atoms with E-state index in [0.717, 1.165) is 60.9 Å². The molecule has 0 amide bonds. The van der Waals surface area contributed by atoms with E-state index in [2.05, 4.69) is 133 Å². The molecule has 0 N–H and O–H groups in total. The van der Waals surface area contributed by atoms with Gasteiger partial charge in [-0.25, -0.2) is 15.0 Å². The lowest BCUT2D eigenvalue weighted by atomic mass is 9.91. The monoisotopic (exact) mass is 657 g/mol. The smallest absolute Gasteiger partial charge is 0.167 e. The van der Waals surface area contributed by atoms with E-state index in [0.29, 0.717) is 17.5 Å². The van der Waals surface area contributed by atoms with Crippen molar-refractivity contribution in [3.63, 3.8) is 0 Å². The van der Waals surface area contributed by atoms with Crippen LogP contribution < -0.4 is 0 Å². The zero-order valence-corrected chi connectivity index (χ0v) is 27.6. The number of aromatic nitrogens is 3. The first-order chi connectivity index (χ1) is 24.8. The molecule has 50 heavy (non-hydrogen) atoms. The third-order valence-corrected chi connectivity index (χ3v) is 10.5. The van der Waals surface area contributed by atoms with Crippen LogP contribution >= 0.6 is 11.3 Å². The standard InChI is InChI=1S/C45H27N3OS/c1-2-13-28(14-3-1)30-15-4-5-16-31(30)32-17-6-7-20-37(32)44-46-43(29-25-26-35-34-19-9-11-24-40(34)50-41(35)27-29)47-45(48-44)38-22-12-21-36-33-18-8-10-23-39(33)49-42(36)38/h1-27H. The van der Waals surface area contributed by atoms with E-state index < -0.39 is 0 Å². The zero-order chi connectivity index (χ0) is 33.0. The Hall–Kier alpha value is -6.43. The molecule has 3 aromatic heterocycles. The summed E-state index contributed by atoms with van der Waals surface area (Å²) in [5, 5.41) is 4.60. The number of fused-ring (bicyclic) bond motifs is 6. The van der Waals surface area contributed by atoms with Crippen LogP contribution in [-0.2, 0) is 0 Å². The minimum Gasteiger partial charge on any atom is -0.455 e. The maximum absolute atomic E-state index is 6.48. The molecular weight excluding hydrogens is 631 g/mol. The van der Waals surface area contributed by atoms with Gasteiger partial charge in [0, 0.05) is 42.1 Å². The van der Waals surface area contributed by atoms with Crippen LogP contribution in [0.15, 0.2) is 168 Å². The molecule has 10 rings (SSSR count). The van der Waals surface area contributed by atoms with Gasteiger partial charge in [-0.05, 0) is 46.5 Å². The third-order valence-electron chi connectivity index (χ3n) is 9.39. The number of para-hydroxylation sites is 2. The van der Waals surface area contributed by atoms with Gasteiger partial charge >= 0.3 is 0 Å². The first kappa shape index (κ1) is 28.6. The van der Waals surface area contributed by atoms with Gasteiger partial charge in [-0.2, -0.15) is 0 Å². The predicted octanol–water partition coefficient (Wildman–Crippen LogP) is 12.5. The maximum atomic E-state index is 6.48. The summed E-state index contributed by atoms with van der Waals surface area (Å²) in [5.74, 6) is 1.79. The number of thiophene rings is 1. The summed E-state index contributed by atoms with van der Waals surface area (Å²) in [5.41, 5.74) is 8.77.